The molecule has 0 spiro atoms. The minimum Gasteiger partial charge on any atom is -0.476 e. The number of ether oxygens (including phenoxy) is 1. The number of hydrogen-bond donors (Lipinski definition) is 1. The summed E-state index contributed by atoms with van der Waals surface area (Å²) in [5.74, 6) is 0.236. The fourth-order valence-corrected chi connectivity index (χ4v) is 1.25. The lowest BCUT2D eigenvalue weighted by Crippen LogP contribution is -2.33. The molecule has 2 N–H and O–H groups in total. The highest BCUT2D eigenvalue weighted by Gasteiger charge is 2.18. The third kappa shape index (κ3) is 1.40. The lowest BCUT2D eigenvalue weighted by Gasteiger charge is -2.18. The number of para-hydroxylation sites is 1. The Kier molecular flexibility index (Phi) is 1.77. The summed E-state index contributed by atoms with van der Waals surface area (Å²) in [6.45, 7) is 0. The van der Waals surface area contributed by atoms with Gasteiger partial charge < -0.3 is 10.5 Å². The summed E-state index contributed by atoms with van der Waals surface area (Å²) in [6, 6.07) is 7.50. The van der Waals surface area contributed by atoms with Gasteiger partial charge in [-0.1, -0.05) is 24.3 Å². The van der Waals surface area contributed by atoms with Gasteiger partial charge in [0.15, 0.2) is 6.10 Å². The molecule has 3 nitrogen and oxygen atoms in total. The zero-order chi connectivity index (χ0) is 9.26. The third-order valence-corrected chi connectivity index (χ3v) is 1.90. The molecule has 2 rings (SSSR count). The zero-order valence-electron chi connectivity index (χ0n) is 6.94. The maximum atomic E-state index is 10.8. The summed E-state index contributed by atoms with van der Waals surface area (Å²) in [7, 11) is 0. The minimum absolute atomic E-state index is 0.467. The SMILES string of the molecule is NC(=O)C1C=Cc2ccccc2O1. The largest absolute Gasteiger partial charge is 0.476 e. The average molecular weight is 175 g/mol. The highest BCUT2D eigenvalue weighted by Crippen LogP contribution is 2.24. The first-order chi connectivity index (χ1) is 6.27. The summed E-state index contributed by atoms with van der Waals surface area (Å²) in [6.07, 6.45) is 2.87. The molecule has 0 saturated carbocycles. The van der Waals surface area contributed by atoms with E-state index >= 15 is 0 Å². The van der Waals surface area contributed by atoms with Gasteiger partial charge in [0, 0.05) is 5.56 Å². The van der Waals surface area contributed by atoms with E-state index < -0.39 is 12.0 Å². The first kappa shape index (κ1) is 7.86. The number of hydrogen-bond acceptors (Lipinski definition) is 2. The van der Waals surface area contributed by atoms with Crippen molar-refractivity contribution in [1.82, 2.24) is 0 Å². The number of carbonyl (C=O) groups excluding carboxylic acids is 1. The van der Waals surface area contributed by atoms with E-state index in [1.54, 1.807) is 6.08 Å². The molecule has 1 unspecified atom stereocenters. The summed E-state index contributed by atoms with van der Waals surface area (Å²) in [4.78, 5) is 10.8. The molecule has 1 aromatic rings. The summed E-state index contributed by atoms with van der Waals surface area (Å²) < 4.78 is 5.33. The Labute approximate surface area is 75.8 Å². The topological polar surface area (TPSA) is 52.3 Å². The first-order valence-corrected chi connectivity index (χ1v) is 4.00. The van der Waals surface area contributed by atoms with Crippen molar-refractivity contribution >= 4 is 12.0 Å². The number of benzene rings is 1. The van der Waals surface area contributed by atoms with E-state index in [4.69, 9.17) is 10.5 Å². The van der Waals surface area contributed by atoms with E-state index in [9.17, 15) is 4.79 Å². The second kappa shape index (κ2) is 2.94. The lowest BCUT2D eigenvalue weighted by atomic mass is 10.1. The zero-order valence-corrected chi connectivity index (χ0v) is 6.94. The van der Waals surface area contributed by atoms with Gasteiger partial charge in [-0.2, -0.15) is 0 Å². The smallest absolute Gasteiger partial charge is 0.262 e. The van der Waals surface area contributed by atoms with Crippen molar-refractivity contribution in [3.05, 3.63) is 35.9 Å². The number of primary amides is 1. The van der Waals surface area contributed by atoms with E-state index in [0.717, 1.165) is 5.56 Å². The fraction of sp³-hybridized carbons (Fsp3) is 0.100. The number of carbonyl (C=O) groups is 1. The van der Waals surface area contributed by atoms with Crippen LogP contribution in [-0.2, 0) is 4.79 Å². The van der Waals surface area contributed by atoms with Crippen LogP contribution in [0.2, 0.25) is 0 Å². The Bertz CT molecular complexity index is 371. The van der Waals surface area contributed by atoms with Crippen molar-refractivity contribution < 1.29 is 9.53 Å². The Morgan fingerprint density at radius 3 is 2.92 bits per heavy atom. The van der Waals surface area contributed by atoms with E-state index in [2.05, 4.69) is 0 Å². The number of fused-ring (bicyclic) bond motifs is 1. The number of amides is 1. The molecule has 0 bridgehead atoms. The molecular weight excluding hydrogens is 166 g/mol. The molecule has 1 heterocycles. The molecular formula is C10H9NO2. The quantitative estimate of drug-likeness (QED) is 0.690. The van der Waals surface area contributed by atoms with Gasteiger partial charge in [0.25, 0.3) is 5.91 Å². The van der Waals surface area contributed by atoms with Gasteiger partial charge in [-0.15, -0.1) is 0 Å². The second-order valence-corrected chi connectivity index (χ2v) is 2.84. The standard InChI is InChI=1S/C10H9NO2/c11-10(12)9-6-5-7-3-1-2-4-8(7)13-9/h1-6,9H,(H2,11,12). The van der Waals surface area contributed by atoms with Crippen LogP contribution in [0.4, 0.5) is 0 Å². The van der Waals surface area contributed by atoms with Gasteiger partial charge in [-0.05, 0) is 12.1 Å². The number of rotatable bonds is 1. The predicted octanol–water partition coefficient (Wildman–Crippen LogP) is 0.946. The summed E-state index contributed by atoms with van der Waals surface area (Å²) >= 11 is 0. The van der Waals surface area contributed by atoms with Crippen LogP contribution < -0.4 is 10.5 Å². The highest BCUT2D eigenvalue weighted by atomic mass is 16.5. The Morgan fingerprint density at radius 2 is 2.15 bits per heavy atom. The Morgan fingerprint density at radius 1 is 1.38 bits per heavy atom. The molecule has 0 aliphatic carbocycles. The van der Waals surface area contributed by atoms with E-state index in [1.807, 2.05) is 30.3 Å². The Balaban J connectivity index is 2.34. The van der Waals surface area contributed by atoms with Crippen LogP contribution in [0.3, 0.4) is 0 Å². The predicted molar refractivity (Wildman–Crippen MR) is 49.1 cm³/mol. The first-order valence-electron chi connectivity index (χ1n) is 4.00. The molecule has 0 saturated heterocycles. The molecule has 0 fully saturated rings. The van der Waals surface area contributed by atoms with E-state index in [-0.39, 0.29) is 0 Å². The van der Waals surface area contributed by atoms with Gasteiger partial charge in [0.1, 0.15) is 5.75 Å². The molecule has 1 amide bonds. The average Bonchev–Trinajstić information content (AvgIpc) is 2.17. The summed E-state index contributed by atoms with van der Waals surface area (Å²) in [5.41, 5.74) is 6.08. The molecule has 0 aromatic heterocycles. The van der Waals surface area contributed by atoms with Crippen molar-refractivity contribution in [2.75, 3.05) is 0 Å². The molecule has 13 heavy (non-hydrogen) atoms. The second-order valence-electron chi connectivity index (χ2n) is 2.84. The molecule has 1 atom stereocenters. The van der Waals surface area contributed by atoms with E-state index in [0.29, 0.717) is 5.75 Å². The number of nitrogens with two attached hydrogens (primary N) is 1. The normalized spacial score (nSPS) is 18.9. The van der Waals surface area contributed by atoms with Crippen LogP contribution in [0, 0.1) is 0 Å². The maximum Gasteiger partial charge on any atom is 0.262 e. The van der Waals surface area contributed by atoms with Crippen molar-refractivity contribution in [1.29, 1.82) is 0 Å². The lowest BCUT2D eigenvalue weighted by molar-refractivity contribution is -0.122. The monoisotopic (exact) mass is 175 g/mol. The molecule has 3 heteroatoms. The molecule has 1 aromatic carbocycles. The van der Waals surface area contributed by atoms with Gasteiger partial charge in [-0.3, -0.25) is 4.79 Å². The fourth-order valence-electron chi connectivity index (χ4n) is 1.25. The van der Waals surface area contributed by atoms with Crippen LogP contribution in [-0.4, -0.2) is 12.0 Å². The van der Waals surface area contributed by atoms with Crippen LogP contribution in [0.25, 0.3) is 6.08 Å². The maximum absolute atomic E-state index is 10.8. The van der Waals surface area contributed by atoms with Gasteiger partial charge >= 0.3 is 0 Å². The van der Waals surface area contributed by atoms with E-state index in [1.165, 1.54) is 0 Å². The molecule has 0 radical (unpaired) electrons. The van der Waals surface area contributed by atoms with Gasteiger partial charge in [0.05, 0.1) is 0 Å². The van der Waals surface area contributed by atoms with Gasteiger partial charge in [0.2, 0.25) is 0 Å². The minimum atomic E-state index is -0.630. The van der Waals surface area contributed by atoms with Crippen LogP contribution in [0.5, 0.6) is 5.75 Å². The van der Waals surface area contributed by atoms with Crippen molar-refractivity contribution in [3.63, 3.8) is 0 Å². The van der Waals surface area contributed by atoms with Crippen molar-refractivity contribution in [3.8, 4) is 5.75 Å². The molecule has 1 aliphatic rings. The van der Waals surface area contributed by atoms with Gasteiger partial charge in [-0.25, -0.2) is 0 Å². The Hall–Kier alpha value is -1.77. The third-order valence-electron chi connectivity index (χ3n) is 1.90. The molecule has 1 aliphatic heterocycles. The molecule has 66 valence electrons. The highest BCUT2D eigenvalue weighted by molar-refractivity contribution is 5.83. The van der Waals surface area contributed by atoms with Crippen LogP contribution >= 0.6 is 0 Å². The van der Waals surface area contributed by atoms with Crippen LogP contribution in [0.1, 0.15) is 5.56 Å². The van der Waals surface area contributed by atoms with Crippen molar-refractivity contribution in [2.24, 2.45) is 5.73 Å². The van der Waals surface area contributed by atoms with Crippen molar-refractivity contribution in [2.45, 2.75) is 6.10 Å². The van der Waals surface area contributed by atoms with Crippen LogP contribution in [0.15, 0.2) is 30.3 Å². The summed E-state index contributed by atoms with van der Waals surface area (Å²) in [5, 5.41) is 0.